The Morgan fingerprint density at radius 1 is 1.33 bits per heavy atom. The first kappa shape index (κ1) is 14.0. The zero-order valence-electron chi connectivity index (χ0n) is 11.6. The van der Waals surface area contributed by atoms with Crippen molar-refractivity contribution in [3.05, 3.63) is 23.7 Å². The van der Waals surface area contributed by atoms with Crippen molar-refractivity contribution in [2.75, 3.05) is 6.54 Å². The minimum Gasteiger partial charge on any atom is -0.464 e. The molecular formula is C15H25NOS. The molecule has 0 amide bonds. The van der Waals surface area contributed by atoms with Crippen molar-refractivity contribution < 1.29 is 4.42 Å². The lowest BCUT2D eigenvalue weighted by atomic mass is 9.91. The molecule has 1 saturated carbocycles. The van der Waals surface area contributed by atoms with Gasteiger partial charge in [0.25, 0.3) is 0 Å². The average molecular weight is 267 g/mol. The molecule has 1 N–H and O–H groups in total. The third kappa shape index (κ3) is 4.36. The second-order valence-corrected chi connectivity index (χ2v) is 6.64. The Labute approximate surface area is 115 Å². The first-order valence-electron chi connectivity index (χ1n) is 7.17. The summed E-state index contributed by atoms with van der Waals surface area (Å²) in [6.45, 7) is 6.34. The first-order chi connectivity index (χ1) is 8.78. The molecule has 0 radical (unpaired) electrons. The summed E-state index contributed by atoms with van der Waals surface area (Å²) in [7, 11) is 0. The van der Waals surface area contributed by atoms with Gasteiger partial charge in [0.15, 0.2) is 0 Å². The number of nitrogens with one attached hydrogen (secondary N) is 1. The Hall–Kier alpha value is -0.410. The highest BCUT2D eigenvalue weighted by molar-refractivity contribution is 7.99. The van der Waals surface area contributed by atoms with Gasteiger partial charge in [0.1, 0.15) is 11.5 Å². The molecule has 102 valence electrons. The van der Waals surface area contributed by atoms with Crippen LogP contribution in [0.5, 0.6) is 0 Å². The average Bonchev–Trinajstić information content (AvgIpc) is 2.82. The maximum atomic E-state index is 5.82. The number of furan rings is 1. The van der Waals surface area contributed by atoms with Crippen LogP contribution in [-0.2, 0) is 12.3 Å². The molecule has 2 nitrogen and oxygen atoms in total. The van der Waals surface area contributed by atoms with Crippen molar-refractivity contribution in [2.24, 2.45) is 5.92 Å². The van der Waals surface area contributed by atoms with Gasteiger partial charge >= 0.3 is 0 Å². The summed E-state index contributed by atoms with van der Waals surface area (Å²) in [4.78, 5) is 0. The van der Waals surface area contributed by atoms with Gasteiger partial charge in [0, 0.05) is 5.25 Å². The van der Waals surface area contributed by atoms with E-state index in [0.29, 0.717) is 0 Å². The maximum absolute atomic E-state index is 5.82. The molecule has 1 aliphatic carbocycles. The van der Waals surface area contributed by atoms with Crippen molar-refractivity contribution in [2.45, 2.75) is 57.1 Å². The largest absolute Gasteiger partial charge is 0.464 e. The van der Waals surface area contributed by atoms with E-state index in [-0.39, 0.29) is 0 Å². The Morgan fingerprint density at radius 3 is 2.94 bits per heavy atom. The van der Waals surface area contributed by atoms with Crippen molar-refractivity contribution in [3.8, 4) is 0 Å². The van der Waals surface area contributed by atoms with Crippen LogP contribution in [0.3, 0.4) is 0 Å². The Morgan fingerprint density at radius 2 is 2.17 bits per heavy atom. The van der Waals surface area contributed by atoms with Crippen LogP contribution < -0.4 is 5.32 Å². The molecule has 1 aliphatic rings. The van der Waals surface area contributed by atoms with E-state index in [0.717, 1.165) is 41.5 Å². The second-order valence-electron chi connectivity index (χ2n) is 5.35. The van der Waals surface area contributed by atoms with Crippen LogP contribution in [0.4, 0.5) is 0 Å². The fourth-order valence-electron chi connectivity index (χ4n) is 2.57. The van der Waals surface area contributed by atoms with E-state index < -0.39 is 0 Å². The molecule has 0 aromatic carbocycles. The zero-order valence-corrected chi connectivity index (χ0v) is 12.4. The van der Waals surface area contributed by atoms with Crippen LogP contribution in [0.1, 0.15) is 51.1 Å². The molecule has 0 saturated heterocycles. The SMILES string of the molecule is CCNCc1ccc(CSC2CCCC(C)C2)o1. The van der Waals surface area contributed by atoms with Crippen molar-refractivity contribution in [1.29, 1.82) is 0 Å². The lowest BCUT2D eigenvalue weighted by molar-refractivity contribution is 0.393. The Bertz CT molecular complexity index is 350. The number of thioether (sulfide) groups is 1. The van der Waals surface area contributed by atoms with Gasteiger partial charge < -0.3 is 9.73 Å². The Balaban J connectivity index is 1.74. The van der Waals surface area contributed by atoms with Gasteiger partial charge in [-0.2, -0.15) is 11.8 Å². The van der Waals surface area contributed by atoms with Crippen molar-refractivity contribution in [3.63, 3.8) is 0 Å². The molecular weight excluding hydrogens is 242 g/mol. The summed E-state index contributed by atoms with van der Waals surface area (Å²) < 4.78 is 5.82. The minimum absolute atomic E-state index is 0.844. The zero-order chi connectivity index (χ0) is 12.8. The molecule has 1 aromatic rings. The van der Waals surface area contributed by atoms with E-state index in [1.807, 2.05) is 0 Å². The highest BCUT2D eigenvalue weighted by Crippen LogP contribution is 2.33. The van der Waals surface area contributed by atoms with Crippen molar-refractivity contribution >= 4 is 11.8 Å². The topological polar surface area (TPSA) is 25.2 Å². The summed E-state index contributed by atoms with van der Waals surface area (Å²) in [6, 6.07) is 4.23. The third-order valence-electron chi connectivity index (χ3n) is 3.62. The van der Waals surface area contributed by atoms with E-state index in [1.54, 1.807) is 0 Å². The van der Waals surface area contributed by atoms with Crippen LogP contribution >= 0.6 is 11.8 Å². The monoisotopic (exact) mass is 267 g/mol. The fraction of sp³-hybridized carbons (Fsp3) is 0.733. The predicted molar refractivity (Wildman–Crippen MR) is 78.8 cm³/mol. The summed E-state index contributed by atoms with van der Waals surface area (Å²) in [5.74, 6) is 4.14. The minimum atomic E-state index is 0.844. The summed E-state index contributed by atoms with van der Waals surface area (Å²) in [5, 5.41) is 4.13. The van der Waals surface area contributed by atoms with Gasteiger partial charge in [-0.1, -0.05) is 26.7 Å². The number of hydrogen-bond donors (Lipinski definition) is 1. The highest BCUT2D eigenvalue weighted by atomic mass is 32.2. The molecule has 1 aromatic heterocycles. The molecule has 3 heteroatoms. The molecule has 2 unspecified atom stereocenters. The number of rotatable bonds is 6. The van der Waals surface area contributed by atoms with Gasteiger partial charge in [-0.25, -0.2) is 0 Å². The molecule has 0 aliphatic heterocycles. The molecule has 1 heterocycles. The molecule has 2 rings (SSSR count). The van der Waals surface area contributed by atoms with E-state index in [4.69, 9.17) is 4.42 Å². The normalized spacial score (nSPS) is 24.3. The quantitative estimate of drug-likeness (QED) is 0.836. The van der Waals surface area contributed by atoms with E-state index in [9.17, 15) is 0 Å². The molecule has 2 atom stereocenters. The standard InChI is InChI=1S/C15H25NOS/c1-3-16-10-13-7-8-14(17-13)11-18-15-6-4-5-12(2)9-15/h7-8,12,15-16H,3-6,9-11H2,1-2H3. The second kappa shape index (κ2) is 7.25. The van der Waals surface area contributed by atoms with Crippen LogP contribution in [0.2, 0.25) is 0 Å². The fourth-order valence-corrected chi connectivity index (χ4v) is 3.93. The maximum Gasteiger partial charge on any atom is 0.117 e. The number of hydrogen-bond acceptors (Lipinski definition) is 3. The predicted octanol–water partition coefficient (Wildman–Crippen LogP) is 4.20. The van der Waals surface area contributed by atoms with Crippen LogP contribution in [-0.4, -0.2) is 11.8 Å². The summed E-state index contributed by atoms with van der Waals surface area (Å²) in [6.07, 6.45) is 5.60. The lowest BCUT2D eigenvalue weighted by Crippen LogP contribution is -2.15. The van der Waals surface area contributed by atoms with E-state index in [1.165, 1.54) is 25.7 Å². The van der Waals surface area contributed by atoms with E-state index >= 15 is 0 Å². The summed E-state index contributed by atoms with van der Waals surface area (Å²) >= 11 is 2.08. The van der Waals surface area contributed by atoms with Gasteiger partial charge in [0.2, 0.25) is 0 Å². The van der Waals surface area contributed by atoms with Crippen LogP contribution in [0, 0.1) is 5.92 Å². The van der Waals surface area contributed by atoms with Crippen molar-refractivity contribution in [1.82, 2.24) is 5.32 Å². The lowest BCUT2D eigenvalue weighted by Gasteiger charge is -2.25. The molecule has 18 heavy (non-hydrogen) atoms. The van der Waals surface area contributed by atoms with Gasteiger partial charge in [-0.05, 0) is 37.4 Å². The smallest absolute Gasteiger partial charge is 0.117 e. The van der Waals surface area contributed by atoms with Gasteiger partial charge in [-0.15, -0.1) is 0 Å². The van der Waals surface area contributed by atoms with Crippen LogP contribution in [0.15, 0.2) is 16.5 Å². The summed E-state index contributed by atoms with van der Waals surface area (Å²) in [5.41, 5.74) is 0. The van der Waals surface area contributed by atoms with Crippen LogP contribution in [0.25, 0.3) is 0 Å². The Kier molecular flexibility index (Phi) is 5.64. The molecule has 1 fully saturated rings. The molecule has 0 bridgehead atoms. The third-order valence-corrected chi connectivity index (χ3v) is 4.97. The first-order valence-corrected chi connectivity index (χ1v) is 8.22. The highest BCUT2D eigenvalue weighted by Gasteiger charge is 2.19. The molecule has 0 spiro atoms. The van der Waals surface area contributed by atoms with Gasteiger partial charge in [-0.3, -0.25) is 0 Å². The van der Waals surface area contributed by atoms with Gasteiger partial charge in [0.05, 0.1) is 12.3 Å². The van der Waals surface area contributed by atoms with E-state index in [2.05, 4.69) is 43.1 Å².